The average molecular weight is 392 g/mol. The molecule has 2 nitrogen and oxygen atoms in total. The first-order valence-electron chi connectivity index (χ1n) is 8.42. The van der Waals surface area contributed by atoms with Crippen LogP contribution < -0.4 is 0 Å². The molecular weight excluding hydrogens is 363 g/mol. The summed E-state index contributed by atoms with van der Waals surface area (Å²) in [5.74, 6) is 0.637. The van der Waals surface area contributed by atoms with Gasteiger partial charge >= 0.3 is 5.97 Å². The first kappa shape index (κ1) is 16.6. The predicted octanol–water partition coefficient (Wildman–Crippen LogP) is 5.42. The summed E-state index contributed by atoms with van der Waals surface area (Å²) in [5.41, 5.74) is -0.128. The molecule has 0 radical (unpaired) electrons. The van der Waals surface area contributed by atoms with Crippen LogP contribution in [0.25, 0.3) is 0 Å². The van der Waals surface area contributed by atoms with E-state index in [1.165, 1.54) is 51.4 Å². The topological polar surface area (TPSA) is 26.3 Å². The molecule has 0 aromatic heterocycles. The van der Waals surface area contributed by atoms with Crippen molar-refractivity contribution in [1.82, 2.24) is 0 Å². The van der Waals surface area contributed by atoms with E-state index in [9.17, 15) is 4.79 Å². The molecular formula is C17H29IO2. The molecule has 1 atom stereocenters. The van der Waals surface area contributed by atoms with Gasteiger partial charge < -0.3 is 4.74 Å². The van der Waals surface area contributed by atoms with E-state index in [-0.39, 0.29) is 15.0 Å². The molecule has 1 unspecified atom stereocenters. The number of hydrogen-bond donors (Lipinski definition) is 0. The molecule has 2 aliphatic carbocycles. The van der Waals surface area contributed by atoms with E-state index in [2.05, 4.69) is 29.5 Å². The van der Waals surface area contributed by atoms with Crippen LogP contribution in [0.4, 0.5) is 0 Å². The van der Waals surface area contributed by atoms with Gasteiger partial charge in [0.1, 0.15) is 9.02 Å². The number of carbonyl (C=O) groups excluding carboxylic acids is 1. The van der Waals surface area contributed by atoms with E-state index in [1.807, 2.05) is 6.92 Å². The maximum Gasteiger partial charge on any atom is 0.322 e. The van der Waals surface area contributed by atoms with Crippen LogP contribution in [0.15, 0.2) is 0 Å². The largest absolute Gasteiger partial charge is 0.458 e. The van der Waals surface area contributed by atoms with Gasteiger partial charge in [0.05, 0.1) is 0 Å². The zero-order chi connectivity index (χ0) is 14.6. The summed E-state index contributed by atoms with van der Waals surface area (Å²) in [4.78, 5) is 12.6. The zero-order valence-electron chi connectivity index (χ0n) is 13.0. The van der Waals surface area contributed by atoms with E-state index in [1.54, 1.807) is 0 Å². The number of alkyl halides is 1. The maximum atomic E-state index is 12.6. The molecule has 0 saturated heterocycles. The van der Waals surface area contributed by atoms with Crippen molar-refractivity contribution >= 4 is 28.6 Å². The number of ether oxygens (including phenoxy) is 1. The van der Waals surface area contributed by atoms with Crippen LogP contribution in [0.1, 0.15) is 84.5 Å². The van der Waals surface area contributed by atoms with E-state index in [0.29, 0.717) is 5.92 Å². The van der Waals surface area contributed by atoms with E-state index in [4.69, 9.17) is 4.74 Å². The Hall–Kier alpha value is 0.200. The van der Waals surface area contributed by atoms with E-state index < -0.39 is 0 Å². The van der Waals surface area contributed by atoms with Crippen molar-refractivity contribution in [1.29, 1.82) is 0 Å². The predicted molar refractivity (Wildman–Crippen MR) is 91.2 cm³/mol. The van der Waals surface area contributed by atoms with Crippen LogP contribution in [-0.2, 0) is 9.53 Å². The van der Waals surface area contributed by atoms with Crippen molar-refractivity contribution in [2.75, 3.05) is 0 Å². The Bertz CT molecular complexity index is 326. The van der Waals surface area contributed by atoms with Crippen LogP contribution in [-0.4, -0.2) is 15.0 Å². The number of hydrogen-bond acceptors (Lipinski definition) is 2. The van der Waals surface area contributed by atoms with Crippen LogP contribution in [0.2, 0.25) is 0 Å². The Morgan fingerprint density at radius 2 is 1.70 bits per heavy atom. The molecule has 116 valence electrons. The Labute approximate surface area is 137 Å². The van der Waals surface area contributed by atoms with Gasteiger partial charge in [-0.15, -0.1) is 0 Å². The van der Waals surface area contributed by atoms with Gasteiger partial charge in [0.15, 0.2) is 0 Å². The lowest BCUT2D eigenvalue weighted by Gasteiger charge is -2.45. The number of esters is 1. The molecule has 0 N–H and O–H groups in total. The fraction of sp³-hybridized carbons (Fsp3) is 0.941. The van der Waals surface area contributed by atoms with Gasteiger partial charge in [0, 0.05) is 0 Å². The first-order chi connectivity index (χ1) is 9.50. The first-order valence-corrected chi connectivity index (χ1v) is 9.50. The summed E-state index contributed by atoms with van der Waals surface area (Å²) in [6.45, 7) is 4.08. The minimum absolute atomic E-state index is 0.0214. The Morgan fingerprint density at radius 3 is 2.25 bits per heavy atom. The molecule has 0 amide bonds. The van der Waals surface area contributed by atoms with E-state index >= 15 is 0 Å². The molecule has 0 aromatic carbocycles. The summed E-state index contributed by atoms with van der Waals surface area (Å²) in [5, 5.41) is 0. The van der Waals surface area contributed by atoms with Crippen molar-refractivity contribution in [3.05, 3.63) is 0 Å². The van der Waals surface area contributed by atoms with Crippen LogP contribution in [0.3, 0.4) is 0 Å². The highest BCUT2D eigenvalue weighted by Gasteiger charge is 2.45. The van der Waals surface area contributed by atoms with Crippen molar-refractivity contribution in [2.24, 2.45) is 5.92 Å². The molecule has 0 bridgehead atoms. The molecule has 0 heterocycles. The lowest BCUT2D eigenvalue weighted by atomic mass is 9.69. The minimum atomic E-state index is -0.364. The minimum Gasteiger partial charge on any atom is -0.458 e. The Kier molecular flexibility index (Phi) is 5.78. The second-order valence-corrected chi connectivity index (χ2v) is 9.28. The molecule has 0 spiro atoms. The van der Waals surface area contributed by atoms with Gasteiger partial charge in [-0.05, 0) is 57.8 Å². The number of halogens is 1. The van der Waals surface area contributed by atoms with Crippen LogP contribution in [0, 0.1) is 5.92 Å². The van der Waals surface area contributed by atoms with Gasteiger partial charge in [-0.2, -0.15) is 0 Å². The van der Waals surface area contributed by atoms with Crippen molar-refractivity contribution in [2.45, 2.75) is 93.5 Å². The smallest absolute Gasteiger partial charge is 0.322 e. The highest BCUT2D eigenvalue weighted by Crippen LogP contribution is 2.45. The summed E-state index contributed by atoms with van der Waals surface area (Å²) in [6.07, 6.45) is 13.3. The molecule has 0 aliphatic heterocycles. The van der Waals surface area contributed by atoms with Crippen molar-refractivity contribution < 1.29 is 9.53 Å². The average Bonchev–Trinajstić information content (AvgIpc) is 2.49. The SMILES string of the molecule is CCC(C)(I)C(=O)OC1(C2CCCCC2)CCCCC1. The van der Waals surface area contributed by atoms with E-state index in [0.717, 1.165) is 19.3 Å². The van der Waals surface area contributed by atoms with Gasteiger partial charge in [-0.3, -0.25) is 4.79 Å². The third-order valence-electron chi connectivity index (χ3n) is 5.43. The molecule has 2 fully saturated rings. The number of rotatable bonds is 4. The fourth-order valence-electron chi connectivity index (χ4n) is 3.81. The third kappa shape index (κ3) is 3.69. The second kappa shape index (κ2) is 6.97. The molecule has 20 heavy (non-hydrogen) atoms. The molecule has 3 heteroatoms. The number of carbonyl (C=O) groups is 1. The quantitative estimate of drug-likeness (QED) is 0.363. The van der Waals surface area contributed by atoms with Crippen LogP contribution in [0.5, 0.6) is 0 Å². The highest BCUT2D eigenvalue weighted by molar-refractivity contribution is 14.1. The summed E-state index contributed by atoms with van der Waals surface area (Å²) in [6, 6.07) is 0. The highest BCUT2D eigenvalue weighted by atomic mass is 127. The maximum absolute atomic E-state index is 12.6. The third-order valence-corrected chi connectivity index (χ3v) is 6.64. The normalized spacial score (nSPS) is 26.8. The van der Waals surface area contributed by atoms with Gasteiger partial charge in [-0.25, -0.2) is 0 Å². The fourth-order valence-corrected chi connectivity index (χ4v) is 3.92. The Balaban J connectivity index is 2.12. The van der Waals surface area contributed by atoms with Crippen molar-refractivity contribution in [3.8, 4) is 0 Å². The lowest BCUT2D eigenvalue weighted by Crippen LogP contribution is -2.48. The van der Waals surface area contributed by atoms with Gasteiger partial charge in [0.2, 0.25) is 0 Å². The monoisotopic (exact) mass is 392 g/mol. The van der Waals surface area contributed by atoms with Gasteiger partial charge in [-0.1, -0.05) is 55.2 Å². The summed E-state index contributed by atoms with van der Waals surface area (Å²) < 4.78 is 5.86. The Morgan fingerprint density at radius 1 is 1.15 bits per heavy atom. The zero-order valence-corrected chi connectivity index (χ0v) is 15.2. The molecule has 2 rings (SSSR count). The summed E-state index contributed by atoms with van der Waals surface area (Å²) in [7, 11) is 0. The lowest BCUT2D eigenvalue weighted by molar-refractivity contribution is -0.175. The molecule has 0 aromatic rings. The molecule has 2 saturated carbocycles. The second-order valence-electron chi connectivity index (χ2n) is 6.90. The summed E-state index contributed by atoms with van der Waals surface area (Å²) >= 11 is 2.26. The standard InChI is InChI=1S/C17H29IO2/c1-3-16(2,18)15(19)20-17(12-8-5-9-13-17)14-10-6-4-7-11-14/h14H,3-13H2,1-2H3. The van der Waals surface area contributed by atoms with Crippen molar-refractivity contribution in [3.63, 3.8) is 0 Å². The molecule has 2 aliphatic rings. The van der Waals surface area contributed by atoms with Gasteiger partial charge in [0.25, 0.3) is 0 Å². The van der Waals surface area contributed by atoms with Crippen LogP contribution >= 0.6 is 22.6 Å².